The van der Waals surface area contributed by atoms with Crippen molar-refractivity contribution in [2.24, 2.45) is 5.10 Å². The van der Waals surface area contributed by atoms with Crippen LogP contribution in [0.1, 0.15) is 12.5 Å². The lowest BCUT2D eigenvalue weighted by Crippen LogP contribution is -1.94. The van der Waals surface area contributed by atoms with Crippen molar-refractivity contribution in [3.63, 3.8) is 0 Å². The van der Waals surface area contributed by atoms with Crippen LogP contribution in [0.2, 0.25) is 0 Å². The molecular weight excluding hydrogens is 268 g/mol. The van der Waals surface area contributed by atoms with Gasteiger partial charge >= 0.3 is 0 Å². The highest BCUT2D eigenvalue weighted by Crippen LogP contribution is 2.11. The lowest BCUT2D eigenvalue weighted by Gasteiger charge is -1.98. The zero-order valence-corrected chi connectivity index (χ0v) is 11.4. The summed E-state index contributed by atoms with van der Waals surface area (Å²) < 4.78 is 0. The molecule has 1 aromatic carbocycles. The van der Waals surface area contributed by atoms with E-state index >= 15 is 0 Å². The molecule has 0 aliphatic carbocycles. The van der Waals surface area contributed by atoms with Gasteiger partial charge in [-0.05, 0) is 24.1 Å². The summed E-state index contributed by atoms with van der Waals surface area (Å²) in [6.07, 6.45) is 4.84. The SMILES string of the molecule is CC(=C/c1ccccc1)/C=N/Nc1ccc([N+](=O)[O-])cn1. The number of allylic oxidation sites excluding steroid dienone is 1. The summed E-state index contributed by atoms with van der Waals surface area (Å²) in [5.41, 5.74) is 4.73. The predicted molar refractivity (Wildman–Crippen MR) is 83.1 cm³/mol. The van der Waals surface area contributed by atoms with Gasteiger partial charge in [-0.2, -0.15) is 5.10 Å². The highest BCUT2D eigenvalue weighted by Gasteiger charge is 2.04. The van der Waals surface area contributed by atoms with Crippen LogP contribution in [0.15, 0.2) is 59.3 Å². The summed E-state index contributed by atoms with van der Waals surface area (Å²) in [4.78, 5) is 13.9. The third kappa shape index (κ3) is 4.54. The Bertz CT molecular complexity index is 664. The van der Waals surface area contributed by atoms with Crippen molar-refractivity contribution >= 4 is 23.8 Å². The van der Waals surface area contributed by atoms with Crippen LogP contribution in [0.25, 0.3) is 6.08 Å². The molecule has 21 heavy (non-hydrogen) atoms. The first kappa shape index (κ1) is 14.4. The molecule has 0 unspecified atom stereocenters. The Kier molecular flexibility index (Phi) is 4.76. The second-order valence-corrected chi connectivity index (χ2v) is 4.33. The van der Waals surface area contributed by atoms with Crippen molar-refractivity contribution in [3.05, 3.63) is 69.9 Å². The van der Waals surface area contributed by atoms with Gasteiger partial charge in [0.25, 0.3) is 5.69 Å². The van der Waals surface area contributed by atoms with E-state index in [4.69, 9.17) is 0 Å². The van der Waals surface area contributed by atoms with Gasteiger partial charge < -0.3 is 0 Å². The van der Waals surface area contributed by atoms with E-state index in [-0.39, 0.29) is 5.69 Å². The van der Waals surface area contributed by atoms with Crippen LogP contribution in [0.5, 0.6) is 0 Å². The molecule has 0 radical (unpaired) electrons. The number of anilines is 1. The van der Waals surface area contributed by atoms with Gasteiger partial charge in [-0.3, -0.25) is 15.5 Å². The number of nitrogens with one attached hydrogen (secondary N) is 1. The number of rotatable bonds is 5. The summed E-state index contributed by atoms with van der Waals surface area (Å²) in [6.45, 7) is 1.93. The molecule has 2 aromatic rings. The van der Waals surface area contributed by atoms with E-state index < -0.39 is 4.92 Å². The normalized spacial score (nSPS) is 11.6. The van der Waals surface area contributed by atoms with E-state index in [0.29, 0.717) is 5.82 Å². The molecule has 106 valence electrons. The fraction of sp³-hybridized carbons (Fsp3) is 0.0667. The number of hydrogen-bond acceptors (Lipinski definition) is 5. The second kappa shape index (κ2) is 6.95. The Morgan fingerprint density at radius 1 is 1.29 bits per heavy atom. The summed E-state index contributed by atoms with van der Waals surface area (Å²) in [5, 5.41) is 14.5. The average Bonchev–Trinajstić information content (AvgIpc) is 2.49. The monoisotopic (exact) mass is 282 g/mol. The largest absolute Gasteiger partial charge is 0.287 e. The molecule has 2 rings (SSSR count). The molecule has 0 fully saturated rings. The van der Waals surface area contributed by atoms with E-state index in [1.165, 1.54) is 18.3 Å². The zero-order valence-electron chi connectivity index (χ0n) is 11.4. The molecule has 1 heterocycles. The van der Waals surface area contributed by atoms with Crippen molar-refractivity contribution in [2.45, 2.75) is 6.92 Å². The van der Waals surface area contributed by atoms with Crippen LogP contribution in [-0.2, 0) is 0 Å². The standard InChI is InChI=1S/C15H14N4O2/c1-12(9-13-5-3-2-4-6-13)10-17-18-15-8-7-14(11-16-15)19(20)21/h2-11H,1H3,(H,16,18)/b12-9-,17-10+. The lowest BCUT2D eigenvalue weighted by molar-refractivity contribution is -0.385. The zero-order chi connectivity index (χ0) is 15.1. The molecule has 0 saturated carbocycles. The summed E-state index contributed by atoms with van der Waals surface area (Å²) >= 11 is 0. The molecule has 0 aliphatic rings. The van der Waals surface area contributed by atoms with Crippen LogP contribution in [-0.4, -0.2) is 16.1 Å². The molecule has 0 bridgehead atoms. The van der Waals surface area contributed by atoms with Gasteiger partial charge in [0.2, 0.25) is 0 Å². The highest BCUT2D eigenvalue weighted by atomic mass is 16.6. The number of nitrogens with zero attached hydrogens (tertiary/aromatic N) is 3. The van der Waals surface area contributed by atoms with Crippen molar-refractivity contribution in [3.8, 4) is 0 Å². The summed E-state index contributed by atoms with van der Waals surface area (Å²) in [6, 6.07) is 12.8. The van der Waals surface area contributed by atoms with Crippen LogP contribution in [0, 0.1) is 10.1 Å². The van der Waals surface area contributed by atoms with Crippen molar-refractivity contribution in [2.75, 3.05) is 5.43 Å². The third-order valence-corrected chi connectivity index (χ3v) is 2.60. The van der Waals surface area contributed by atoms with Crippen LogP contribution in [0.4, 0.5) is 11.5 Å². The minimum Gasteiger partial charge on any atom is -0.261 e. The molecule has 0 spiro atoms. The Balaban J connectivity index is 1.95. The summed E-state index contributed by atoms with van der Waals surface area (Å²) in [5.74, 6) is 0.448. The maximum absolute atomic E-state index is 10.5. The van der Waals surface area contributed by atoms with Crippen LogP contribution in [0.3, 0.4) is 0 Å². The number of pyridine rings is 1. The molecule has 1 N–H and O–H groups in total. The minimum atomic E-state index is -0.493. The molecule has 0 saturated heterocycles. The van der Waals surface area contributed by atoms with Gasteiger partial charge in [0.05, 0.1) is 11.1 Å². The van der Waals surface area contributed by atoms with Crippen molar-refractivity contribution in [1.29, 1.82) is 0 Å². The number of benzene rings is 1. The summed E-state index contributed by atoms with van der Waals surface area (Å²) in [7, 11) is 0. The quantitative estimate of drug-likeness (QED) is 0.517. The van der Waals surface area contributed by atoms with Gasteiger partial charge in [-0.15, -0.1) is 0 Å². The van der Waals surface area contributed by atoms with E-state index in [0.717, 1.165) is 11.1 Å². The van der Waals surface area contributed by atoms with Crippen LogP contribution >= 0.6 is 0 Å². The molecule has 6 heteroatoms. The highest BCUT2D eigenvalue weighted by molar-refractivity contribution is 5.85. The Labute approximate surface area is 122 Å². The van der Waals surface area contributed by atoms with Gasteiger partial charge in [-0.1, -0.05) is 36.4 Å². The van der Waals surface area contributed by atoms with E-state index in [1.807, 2.05) is 43.3 Å². The van der Waals surface area contributed by atoms with E-state index in [2.05, 4.69) is 15.5 Å². The lowest BCUT2D eigenvalue weighted by atomic mass is 10.1. The smallest absolute Gasteiger partial charge is 0.261 e. The predicted octanol–water partition coefficient (Wildman–Crippen LogP) is 3.49. The van der Waals surface area contributed by atoms with Gasteiger partial charge in [0.15, 0.2) is 0 Å². The van der Waals surface area contributed by atoms with Crippen molar-refractivity contribution < 1.29 is 4.92 Å². The Morgan fingerprint density at radius 3 is 2.67 bits per heavy atom. The maximum atomic E-state index is 10.5. The first-order valence-corrected chi connectivity index (χ1v) is 6.28. The molecular formula is C15H14N4O2. The molecule has 0 aliphatic heterocycles. The van der Waals surface area contributed by atoms with E-state index in [1.54, 1.807) is 6.21 Å². The second-order valence-electron chi connectivity index (χ2n) is 4.33. The van der Waals surface area contributed by atoms with Gasteiger partial charge in [0.1, 0.15) is 12.0 Å². The number of nitro groups is 1. The maximum Gasteiger partial charge on any atom is 0.287 e. The first-order chi connectivity index (χ1) is 10.1. The minimum absolute atomic E-state index is 0.0512. The Morgan fingerprint density at radius 2 is 2.05 bits per heavy atom. The third-order valence-electron chi connectivity index (χ3n) is 2.60. The molecule has 0 amide bonds. The fourth-order valence-electron chi connectivity index (χ4n) is 1.61. The van der Waals surface area contributed by atoms with Crippen molar-refractivity contribution in [1.82, 2.24) is 4.98 Å². The van der Waals surface area contributed by atoms with E-state index in [9.17, 15) is 10.1 Å². The fourth-order valence-corrected chi connectivity index (χ4v) is 1.61. The number of aromatic nitrogens is 1. The molecule has 1 aromatic heterocycles. The Hall–Kier alpha value is -3.02. The average molecular weight is 282 g/mol. The molecule has 6 nitrogen and oxygen atoms in total. The molecule has 0 atom stereocenters. The van der Waals surface area contributed by atoms with Gasteiger partial charge in [0, 0.05) is 6.07 Å². The topological polar surface area (TPSA) is 80.4 Å². The van der Waals surface area contributed by atoms with Crippen LogP contribution < -0.4 is 5.43 Å². The van der Waals surface area contributed by atoms with Gasteiger partial charge in [-0.25, -0.2) is 4.98 Å². The first-order valence-electron chi connectivity index (χ1n) is 6.28. The number of hydrazone groups is 1. The number of hydrogen-bond donors (Lipinski definition) is 1.